The van der Waals surface area contributed by atoms with Gasteiger partial charge in [0, 0.05) is 6.04 Å². The summed E-state index contributed by atoms with van der Waals surface area (Å²) in [6.07, 6.45) is 6.21. The lowest BCUT2D eigenvalue weighted by Crippen LogP contribution is -2.40. The molecule has 0 atom stereocenters. The third kappa shape index (κ3) is 3.11. The number of rotatable bonds is 3. The third-order valence-corrected chi connectivity index (χ3v) is 5.64. The molecule has 0 spiro atoms. The predicted octanol–water partition coefficient (Wildman–Crippen LogP) is 2.46. The van der Waals surface area contributed by atoms with Gasteiger partial charge in [-0.05, 0) is 32.0 Å². The molecular weight excluding hydrogens is 286 g/mol. The van der Waals surface area contributed by atoms with Crippen molar-refractivity contribution in [1.29, 1.82) is 0 Å². The minimum absolute atomic E-state index is 0.258. The highest BCUT2D eigenvalue weighted by molar-refractivity contribution is 7.90. The van der Waals surface area contributed by atoms with E-state index in [1.54, 1.807) is 18.2 Å². The Balaban J connectivity index is 1.77. The van der Waals surface area contributed by atoms with Crippen LogP contribution in [0.3, 0.4) is 0 Å². The first-order valence-electron chi connectivity index (χ1n) is 7.46. The number of anilines is 1. The van der Waals surface area contributed by atoms with Crippen molar-refractivity contribution in [2.45, 2.75) is 43.0 Å². The van der Waals surface area contributed by atoms with E-state index in [1.807, 2.05) is 13.1 Å². The van der Waals surface area contributed by atoms with Crippen LogP contribution in [0, 0.1) is 0 Å². The van der Waals surface area contributed by atoms with Crippen molar-refractivity contribution in [3.8, 4) is 0 Å². The average molecular weight is 307 g/mol. The molecule has 1 aliphatic carbocycles. The van der Waals surface area contributed by atoms with Gasteiger partial charge in [0.15, 0.2) is 0 Å². The van der Waals surface area contributed by atoms with Gasteiger partial charge in [-0.3, -0.25) is 4.90 Å². The maximum atomic E-state index is 12.2. The van der Waals surface area contributed by atoms with Crippen LogP contribution in [0.4, 0.5) is 5.69 Å². The Morgan fingerprint density at radius 3 is 2.71 bits per heavy atom. The van der Waals surface area contributed by atoms with E-state index >= 15 is 0 Å². The molecule has 0 aromatic heterocycles. The summed E-state index contributed by atoms with van der Waals surface area (Å²) in [6, 6.07) is 7.44. The van der Waals surface area contributed by atoms with Crippen molar-refractivity contribution >= 4 is 21.5 Å². The largest absolute Gasteiger partial charge is 0.341 e. The molecule has 1 heterocycles. The number of nitrogens with one attached hydrogen (secondary N) is 1. The highest BCUT2D eigenvalue weighted by Crippen LogP contribution is 2.27. The van der Waals surface area contributed by atoms with Crippen molar-refractivity contribution < 1.29 is 8.42 Å². The van der Waals surface area contributed by atoms with Crippen LogP contribution >= 0.6 is 0 Å². The van der Waals surface area contributed by atoms with E-state index in [-0.39, 0.29) is 4.90 Å². The number of amidine groups is 1. The van der Waals surface area contributed by atoms with Crippen LogP contribution in [0.1, 0.15) is 32.1 Å². The second-order valence-electron chi connectivity index (χ2n) is 5.84. The number of para-hydroxylation sites is 1. The fourth-order valence-electron chi connectivity index (χ4n) is 3.12. The maximum absolute atomic E-state index is 12.2. The van der Waals surface area contributed by atoms with Crippen molar-refractivity contribution in [2.24, 2.45) is 4.40 Å². The van der Waals surface area contributed by atoms with Crippen LogP contribution in [0.15, 0.2) is 33.6 Å². The molecule has 1 aromatic carbocycles. The molecule has 0 saturated heterocycles. The molecule has 1 aromatic rings. The molecule has 1 aliphatic heterocycles. The highest BCUT2D eigenvalue weighted by atomic mass is 32.2. The number of nitrogens with zero attached hydrogens (tertiary/aromatic N) is 2. The molecular formula is C15H21N3O2S. The van der Waals surface area contributed by atoms with Gasteiger partial charge in [0.2, 0.25) is 0 Å². The Morgan fingerprint density at radius 1 is 1.24 bits per heavy atom. The molecule has 5 nitrogen and oxygen atoms in total. The zero-order valence-electron chi connectivity index (χ0n) is 12.2. The van der Waals surface area contributed by atoms with Gasteiger partial charge in [-0.25, -0.2) is 0 Å². The molecule has 114 valence electrons. The lowest BCUT2D eigenvalue weighted by molar-refractivity contribution is 0.214. The minimum atomic E-state index is -3.57. The first kappa shape index (κ1) is 14.5. The number of hydrogen-bond donors (Lipinski definition) is 1. The summed E-state index contributed by atoms with van der Waals surface area (Å²) in [5, 5.41) is 3.15. The number of benzene rings is 1. The lowest BCUT2D eigenvalue weighted by atomic mass is 9.94. The summed E-state index contributed by atoms with van der Waals surface area (Å²) < 4.78 is 28.3. The molecule has 0 bridgehead atoms. The molecule has 21 heavy (non-hydrogen) atoms. The first-order chi connectivity index (χ1) is 10.1. The molecule has 1 saturated carbocycles. The van der Waals surface area contributed by atoms with E-state index in [1.165, 1.54) is 32.1 Å². The van der Waals surface area contributed by atoms with Crippen LogP contribution < -0.4 is 5.32 Å². The molecule has 0 radical (unpaired) electrons. The molecule has 0 amide bonds. The van der Waals surface area contributed by atoms with E-state index in [0.717, 1.165) is 0 Å². The number of likely N-dealkylation sites (N-methyl/N-ethyl adjacent to an activating group) is 1. The second kappa shape index (κ2) is 5.77. The van der Waals surface area contributed by atoms with Crippen molar-refractivity contribution in [1.82, 2.24) is 4.90 Å². The van der Waals surface area contributed by atoms with Crippen LogP contribution in [0.25, 0.3) is 0 Å². The molecule has 0 unspecified atom stereocenters. The lowest BCUT2D eigenvalue weighted by Gasteiger charge is -2.32. The Bertz CT molecular complexity index is 649. The van der Waals surface area contributed by atoms with Crippen LogP contribution in [0.5, 0.6) is 0 Å². The van der Waals surface area contributed by atoms with Gasteiger partial charge in [-0.15, -0.1) is 4.40 Å². The molecule has 1 N–H and O–H groups in total. The number of fused-ring (bicyclic) bond motifs is 1. The second-order valence-corrected chi connectivity index (χ2v) is 7.41. The van der Waals surface area contributed by atoms with Gasteiger partial charge in [-0.2, -0.15) is 8.42 Å². The predicted molar refractivity (Wildman–Crippen MR) is 84.2 cm³/mol. The van der Waals surface area contributed by atoms with E-state index in [0.29, 0.717) is 24.1 Å². The van der Waals surface area contributed by atoms with Crippen molar-refractivity contribution in [2.75, 3.05) is 18.9 Å². The Morgan fingerprint density at radius 2 is 1.95 bits per heavy atom. The molecule has 1 fully saturated rings. The summed E-state index contributed by atoms with van der Waals surface area (Å²) in [5.74, 6) is 0.516. The highest BCUT2D eigenvalue weighted by Gasteiger charge is 2.26. The Labute approximate surface area is 126 Å². The van der Waals surface area contributed by atoms with Gasteiger partial charge in [0.1, 0.15) is 10.7 Å². The van der Waals surface area contributed by atoms with Crippen molar-refractivity contribution in [3.05, 3.63) is 24.3 Å². The summed E-state index contributed by atoms with van der Waals surface area (Å²) in [4.78, 5) is 2.48. The van der Waals surface area contributed by atoms with Crippen LogP contribution in [-0.4, -0.2) is 38.8 Å². The van der Waals surface area contributed by atoms with Gasteiger partial charge < -0.3 is 5.32 Å². The smallest absolute Gasteiger partial charge is 0.286 e. The van der Waals surface area contributed by atoms with Gasteiger partial charge >= 0.3 is 0 Å². The number of sulfonamides is 1. The summed E-state index contributed by atoms with van der Waals surface area (Å²) >= 11 is 0. The van der Waals surface area contributed by atoms with Crippen LogP contribution in [-0.2, 0) is 10.0 Å². The zero-order valence-corrected chi connectivity index (χ0v) is 13.1. The normalized spacial score (nSPS) is 21.5. The first-order valence-corrected chi connectivity index (χ1v) is 8.90. The van der Waals surface area contributed by atoms with E-state index in [2.05, 4.69) is 14.6 Å². The van der Waals surface area contributed by atoms with Gasteiger partial charge in [-0.1, -0.05) is 31.4 Å². The van der Waals surface area contributed by atoms with E-state index in [4.69, 9.17) is 0 Å². The fraction of sp³-hybridized carbons (Fsp3) is 0.533. The Hall–Kier alpha value is -1.40. The van der Waals surface area contributed by atoms with Gasteiger partial charge in [0.05, 0.1) is 12.2 Å². The maximum Gasteiger partial charge on any atom is 0.286 e. The summed E-state index contributed by atoms with van der Waals surface area (Å²) in [5.41, 5.74) is 0.625. The van der Waals surface area contributed by atoms with Gasteiger partial charge in [0.25, 0.3) is 10.0 Å². The zero-order chi connectivity index (χ0) is 14.9. The summed E-state index contributed by atoms with van der Waals surface area (Å²) in [7, 11) is -1.52. The SMILES string of the molecule is CN(CC1=NS(=O)(=O)c2ccccc2N1)C1CCCCC1. The molecule has 6 heteroatoms. The van der Waals surface area contributed by atoms with E-state index in [9.17, 15) is 8.42 Å². The topological polar surface area (TPSA) is 61.8 Å². The monoisotopic (exact) mass is 307 g/mol. The standard InChI is InChI=1S/C15H21N3O2S/c1-18(12-7-3-2-4-8-12)11-15-16-13-9-5-6-10-14(13)21(19,20)17-15/h5-6,9-10,12H,2-4,7-8,11H2,1H3,(H,16,17). The van der Waals surface area contributed by atoms with E-state index < -0.39 is 10.0 Å². The molecule has 2 aliphatic rings. The summed E-state index contributed by atoms with van der Waals surface area (Å²) in [6.45, 7) is 0.540. The number of hydrogen-bond acceptors (Lipinski definition) is 4. The fourth-order valence-corrected chi connectivity index (χ4v) is 4.26. The van der Waals surface area contributed by atoms with Crippen molar-refractivity contribution in [3.63, 3.8) is 0 Å². The minimum Gasteiger partial charge on any atom is -0.341 e. The quantitative estimate of drug-likeness (QED) is 0.932. The third-order valence-electron chi connectivity index (χ3n) is 4.27. The van der Waals surface area contributed by atoms with Crippen LogP contribution in [0.2, 0.25) is 0 Å². The molecule has 3 rings (SSSR count). The Kier molecular flexibility index (Phi) is 3.99. The average Bonchev–Trinajstić information content (AvgIpc) is 2.47.